The maximum atomic E-state index is 10.3. The van der Waals surface area contributed by atoms with Gasteiger partial charge in [-0.3, -0.25) is 9.59 Å². The first-order chi connectivity index (χ1) is 7.38. The molecular formula is C11H12O4. The molecule has 4 nitrogen and oxygen atoms in total. The van der Waals surface area contributed by atoms with Crippen molar-refractivity contribution < 1.29 is 19.1 Å². The Labute approximate surface area is 87.8 Å². The van der Waals surface area contributed by atoms with E-state index in [2.05, 4.69) is 4.74 Å². The zero-order chi connectivity index (χ0) is 10.9. The van der Waals surface area contributed by atoms with Gasteiger partial charge in [0.05, 0.1) is 6.61 Å². The van der Waals surface area contributed by atoms with Gasteiger partial charge in [-0.15, -0.1) is 0 Å². The van der Waals surface area contributed by atoms with Crippen LogP contribution >= 0.6 is 0 Å². The van der Waals surface area contributed by atoms with E-state index < -0.39 is 0 Å². The van der Waals surface area contributed by atoms with Crippen molar-refractivity contribution in [2.75, 3.05) is 6.61 Å². The molecule has 0 aliphatic rings. The van der Waals surface area contributed by atoms with Crippen molar-refractivity contribution in [3.63, 3.8) is 0 Å². The lowest BCUT2D eigenvalue weighted by Crippen LogP contribution is -2.07. The highest BCUT2D eigenvalue weighted by atomic mass is 16.5. The molecule has 0 spiro atoms. The van der Waals surface area contributed by atoms with Gasteiger partial charge in [-0.25, -0.2) is 0 Å². The monoisotopic (exact) mass is 208 g/mol. The standard InChI is InChI=1S/C11H12O4/c12-8-14-7-6-11(15-9-13)10-4-2-1-3-5-10/h1-5,8-9,11H,6-7H2/t11-/m1/s1. The molecule has 1 rings (SSSR count). The minimum absolute atomic E-state index is 0.233. The maximum absolute atomic E-state index is 10.3. The smallest absolute Gasteiger partial charge is 0.293 e. The van der Waals surface area contributed by atoms with Crippen molar-refractivity contribution in [1.29, 1.82) is 0 Å². The summed E-state index contributed by atoms with van der Waals surface area (Å²) in [6.45, 7) is 1.01. The third-order valence-corrected chi connectivity index (χ3v) is 1.96. The Bertz CT molecular complexity index is 297. The molecule has 0 aromatic heterocycles. The predicted octanol–water partition coefficient (Wildman–Crippen LogP) is 1.46. The number of hydrogen-bond donors (Lipinski definition) is 0. The van der Waals surface area contributed by atoms with Gasteiger partial charge < -0.3 is 9.47 Å². The summed E-state index contributed by atoms with van der Waals surface area (Å²) in [5, 5.41) is 0. The van der Waals surface area contributed by atoms with Crippen molar-refractivity contribution >= 4 is 12.9 Å². The predicted molar refractivity (Wildman–Crippen MR) is 53.0 cm³/mol. The zero-order valence-corrected chi connectivity index (χ0v) is 8.17. The SMILES string of the molecule is O=COCC[C@@H](OC=O)c1ccccc1. The second-order valence-corrected chi connectivity index (χ2v) is 2.89. The fourth-order valence-electron chi connectivity index (χ4n) is 1.27. The van der Waals surface area contributed by atoms with Gasteiger partial charge in [0.2, 0.25) is 0 Å². The van der Waals surface area contributed by atoms with Crippen LogP contribution in [0.4, 0.5) is 0 Å². The van der Waals surface area contributed by atoms with Crippen molar-refractivity contribution in [3.05, 3.63) is 35.9 Å². The molecular weight excluding hydrogens is 196 g/mol. The van der Waals surface area contributed by atoms with Crippen LogP contribution < -0.4 is 0 Å². The minimum Gasteiger partial charge on any atom is -0.468 e. The topological polar surface area (TPSA) is 52.6 Å². The van der Waals surface area contributed by atoms with E-state index in [1.54, 1.807) is 0 Å². The average Bonchev–Trinajstić information content (AvgIpc) is 2.29. The first kappa shape index (κ1) is 11.2. The van der Waals surface area contributed by atoms with Gasteiger partial charge in [0, 0.05) is 6.42 Å². The summed E-state index contributed by atoms with van der Waals surface area (Å²) in [5.74, 6) is 0. The molecule has 0 heterocycles. The highest BCUT2D eigenvalue weighted by Gasteiger charge is 2.11. The Morgan fingerprint density at radius 1 is 1.13 bits per heavy atom. The summed E-state index contributed by atoms with van der Waals surface area (Å²) in [5.41, 5.74) is 0.888. The van der Waals surface area contributed by atoms with Gasteiger partial charge >= 0.3 is 0 Å². The highest BCUT2D eigenvalue weighted by Crippen LogP contribution is 2.19. The van der Waals surface area contributed by atoms with Crippen LogP contribution in [0.1, 0.15) is 18.1 Å². The van der Waals surface area contributed by atoms with Crippen molar-refractivity contribution in [2.45, 2.75) is 12.5 Å². The van der Waals surface area contributed by atoms with Crippen LogP contribution in [-0.2, 0) is 19.1 Å². The number of benzene rings is 1. The number of rotatable bonds is 7. The number of carbonyl (C=O) groups is 2. The van der Waals surface area contributed by atoms with Crippen molar-refractivity contribution in [1.82, 2.24) is 0 Å². The van der Waals surface area contributed by atoms with E-state index in [9.17, 15) is 9.59 Å². The van der Waals surface area contributed by atoms with E-state index in [0.29, 0.717) is 19.4 Å². The van der Waals surface area contributed by atoms with Crippen molar-refractivity contribution in [3.8, 4) is 0 Å². The van der Waals surface area contributed by atoms with Crippen LogP contribution in [0.25, 0.3) is 0 Å². The zero-order valence-electron chi connectivity index (χ0n) is 8.17. The van der Waals surface area contributed by atoms with Crippen LogP contribution in [0.3, 0.4) is 0 Å². The third kappa shape index (κ3) is 3.81. The quantitative estimate of drug-likeness (QED) is 0.503. The summed E-state index contributed by atoms with van der Waals surface area (Å²) < 4.78 is 9.45. The van der Waals surface area contributed by atoms with E-state index in [1.165, 1.54) is 0 Å². The molecule has 0 amide bonds. The van der Waals surface area contributed by atoms with Gasteiger partial charge in [0.1, 0.15) is 6.10 Å². The molecule has 0 unspecified atom stereocenters. The number of ether oxygens (including phenoxy) is 2. The van der Waals surface area contributed by atoms with E-state index in [-0.39, 0.29) is 12.7 Å². The first-order valence-electron chi connectivity index (χ1n) is 4.57. The molecule has 4 heteroatoms. The molecule has 0 aliphatic heterocycles. The Morgan fingerprint density at radius 2 is 1.87 bits per heavy atom. The maximum Gasteiger partial charge on any atom is 0.293 e. The summed E-state index contributed by atoms with van der Waals surface area (Å²) in [6.07, 6.45) is 0.102. The normalized spacial score (nSPS) is 11.5. The fourth-order valence-corrected chi connectivity index (χ4v) is 1.27. The molecule has 0 saturated heterocycles. The molecule has 0 fully saturated rings. The Kier molecular flexibility index (Phi) is 4.94. The van der Waals surface area contributed by atoms with E-state index >= 15 is 0 Å². The molecule has 1 aromatic rings. The van der Waals surface area contributed by atoms with Crippen LogP contribution in [0, 0.1) is 0 Å². The van der Waals surface area contributed by atoms with E-state index in [0.717, 1.165) is 5.56 Å². The highest BCUT2D eigenvalue weighted by molar-refractivity contribution is 5.39. The Hall–Kier alpha value is -1.84. The third-order valence-electron chi connectivity index (χ3n) is 1.96. The molecule has 0 N–H and O–H groups in total. The lowest BCUT2D eigenvalue weighted by molar-refractivity contribution is -0.136. The van der Waals surface area contributed by atoms with Crippen LogP contribution in [0.15, 0.2) is 30.3 Å². The van der Waals surface area contributed by atoms with Gasteiger partial charge in [0.25, 0.3) is 12.9 Å². The lowest BCUT2D eigenvalue weighted by Gasteiger charge is -2.14. The summed E-state index contributed by atoms with van der Waals surface area (Å²) in [7, 11) is 0. The molecule has 15 heavy (non-hydrogen) atoms. The Morgan fingerprint density at radius 3 is 2.47 bits per heavy atom. The first-order valence-corrected chi connectivity index (χ1v) is 4.57. The molecule has 80 valence electrons. The lowest BCUT2D eigenvalue weighted by atomic mass is 10.1. The van der Waals surface area contributed by atoms with Crippen LogP contribution in [0.5, 0.6) is 0 Å². The summed E-state index contributed by atoms with van der Waals surface area (Å²) in [4.78, 5) is 20.2. The largest absolute Gasteiger partial charge is 0.468 e. The molecule has 0 saturated carbocycles. The van der Waals surface area contributed by atoms with Gasteiger partial charge in [-0.2, -0.15) is 0 Å². The number of hydrogen-bond acceptors (Lipinski definition) is 4. The summed E-state index contributed by atoms with van der Waals surface area (Å²) in [6, 6.07) is 9.31. The molecule has 0 bridgehead atoms. The van der Waals surface area contributed by atoms with Gasteiger partial charge in [-0.05, 0) is 5.56 Å². The fraction of sp³-hybridized carbons (Fsp3) is 0.273. The van der Waals surface area contributed by atoms with E-state index in [4.69, 9.17) is 4.74 Å². The molecule has 1 atom stereocenters. The van der Waals surface area contributed by atoms with Crippen molar-refractivity contribution in [2.24, 2.45) is 0 Å². The summed E-state index contributed by atoms with van der Waals surface area (Å²) >= 11 is 0. The van der Waals surface area contributed by atoms with Gasteiger partial charge in [0.15, 0.2) is 0 Å². The second-order valence-electron chi connectivity index (χ2n) is 2.89. The number of carbonyl (C=O) groups excluding carboxylic acids is 2. The van der Waals surface area contributed by atoms with E-state index in [1.807, 2.05) is 30.3 Å². The van der Waals surface area contributed by atoms with Gasteiger partial charge in [-0.1, -0.05) is 30.3 Å². The molecule has 0 radical (unpaired) electrons. The Balaban J connectivity index is 2.57. The molecule has 1 aromatic carbocycles. The molecule has 0 aliphatic carbocycles. The average molecular weight is 208 g/mol. The van der Waals surface area contributed by atoms with Crippen LogP contribution in [-0.4, -0.2) is 19.6 Å². The second kappa shape index (κ2) is 6.59. The minimum atomic E-state index is -0.358. The van der Waals surface area contributed by atoms with Crippen LogP contribution in [0.2, 0.25) is 0 Å².